The molecule has 1 N–H and O–H groups in total. The van der Waals surface area contributed by atoms with Crippen molar-refractivity contribution in [3.05, 3.63) is 41.5 Å². The van der Waals surface area contributed by atoms with Crippen LogP contribution in [-0.2, 0) is 12.7 Å². The molecule has 154 valence electrons. The van der Waals surface area contributed by atoms with Gasteiger partial charge in [-0.2, -0.15) is 13.2 Å². The number of rotatable bonds is 7. The number of halogens is 3. The Morgan fingerprint density at radius 2 is 1.79 bits per heavy atom. The molecule has 0 saturated heterocycles. The molecule has 2 aromatic carbocycles. The molecule has 2 nitrogen and oxygen atoms in total. The Kier molecular flexibility index (Phi) is 6.86. The molecule has 1 aliphatic carbocycles. The molecule has 5 heteroatoms. The zero-order chi connectivity index (χ0) is 20.1. The van der Waals surface area contributed by atoms with Crippen LogP contribution < -0.4 is 10.1 Å². The Bertz CT molecular complexity index is 779. The first-order valence-electron chi connectivity index (χ1n) is 10.4. The fourth-order valence-electron chi connectivity index (χ4n) is 4.00. The van der Waals surface area contributed by atoms with Gasteiger partial charge in [-0.3, -0.25) is 0 Å². The van der Waals surface area contributed by atoms with Crippen LogP contribution in [-0.4, -0.2) is 12.6 Å². The van der Waals surface area contributed by atoms with Gasteiger partial charge >= 0.3 is 6.18 Å². The maximum absolute atomic E-state index is 14.0. The van der Waals surface area contributed by atoms with Crippen molar-refractivity contribution in [1.82, 2.24) is 5.32 Å². The van der Waals surface area contributed by atoms with Crippen molar-refractivity contribution in [2.24, 2.45) is 5.92 Å². The van der Waals surface area contributed by atoms with E-state index < -0.39 is 11.7 Å². The van der Waals surface area contributed by atoms with Crippen LogP contribution in [0.5, 0.6) is 5.75 Å². The van der Waals surface area contributed by atoms with Crippen LogP contribution in [0.15, 0.2) is 30.3 Å². The predicted octanol–water partition coefficient (Wildman–Crippen LogP) is 6.71. The highest BCUT2D eigenvalue weighted by Crippen LogP contribution is 2.43. The van der Waals surface area contributed by atoms with E-state index in [0.29, 0.717) is 17.8 Å². The van der Waals surface area contributed by atoms with E-state index in [4.69, 9.17) is 4.74 Å². The smallest absolute Gasteiger partial charge is 0.420 e. The lowest BCUT2D eigenvalue weighted by molar-refractivity contribution is -0.138. The van der Waals surface area contributed by atoms with Gasteiger partial charge in [0.15, 0.2) is 0 Å². The van der Waals surface area contributed by atoms with E-state index in [2.05, 4.69) is 19.2 Å². The van der Waals surface area contributed by atoms with Crippen LogP contribution in [0.1, 0.15) is 63.5 Å². The zero-order valence-corrected chi connectivity index (χ0v) is 16.7. The minimum absolute atomic E-state index is 0.0318. The van der Waals surface area contributed by atoms with Crippen LogP contribution in [0.2, 0.25) is 0 Å². The summed E-state index contributed by atoms with van der Waals surface area (Å²) in [5.41, 5.74) is 0.246. The molecular weight excluding hydrogens is 363 g/mol. The van der Waals surface area contributed by atoms with Crippen LogP contribution in [0.4, 0.5) is 13.2 Å². The first kappa shape index (κ1) is 21.0. The summed E-state index contributed by atoms with van der Waals surface area (Å²) in [5.74, 6) is 0.594. The fourth-order valence-corrected chi connectivity index (χ4v) is 4.00. The third-order valence-corrected chi connectivity index (χ3v) is 5.68. The summed E-state index contributed by atoms with van der Waals surface area (Å²) in [6.07, 6.45) is 1.20. The Labute approximate surface area is 165 Å². The van der Waals surface area contributed by atoms with Crippen molar-refractivity contribution < 1.29 is 17.9 Å². The lowest BCUT2D eigenvalue weighted by Gasteiger charge is -2.28. The summed E-state index contributed by atoms with van der Waals surface area (Å²) < 4.78 is 47.8. The Balaban J connectivity index is 1.92. The molecule has 2 aromatic rings. The van der Waals surface area contributed by atoms with Gasteiger partial charge in [-0.15, -0.1) is 0 Å². The summed E-state index contributed by atoms with van der Waals surface area (Å²) in [7, 11) is 0. The maximum Gasteiger partial charge on any atom is 0.420 e. The second kappa shape index (κ2) is 9.17. The van der Waals surface area contributed by atoms with Gasteiger partial charge in [0.1, 0.15) is 11.3 Å². The normalized spacial score (nSPS) is 20.5. The van der Waals surface area contributed by atoms with Crippen molar-refractivity contribution in [3.8, 4) is 5.75 Å². The number of alkyl halides is 3. The Morgan fingerprint density at radius 3 is 2.46 bits per heavy atom. The lowest BCUT2D eigenvalue weighted by Crippen LogP contribution is -2.24. The summed E-state index contributed by atoms with van der Waals surface area (Å²) in [4.78, 5) is 0. The van der Waals surface area contributed by atoms with E-state index in [9.17, 15) is 13.2 Å². The molecule has 0 atom stereocenters. The van der Waals surface area contributed by atoms with E-state index in [1.165, 1.54) is 6.07 Å². The summed E-state index contributed by atoms with van der Waals surface area (Å²) >= 11 is 0. The van der Waals surface area contributed by atoms with Crippen molar-refractivity contribution in [3.63, 3.8) is 0 Å². The third-order valence-electron chi connectivity index (χ3n) is 5.68. The topological polar surface area (TPSA) is 21.3 Å². The van der Waals surface area contributed by atoms with Crippen molar-refractivity contribution in [1.29, 1.82) is 0 Å². The number of unbranched alkanes of at least 4 members (excludes halogenated alkanes) is 1. The molecule has 0 aliphatic heterocycles. The highest BCUT2D eigenvalue weighted by molar-refractivity contribution is 5.91. The van der Waals surface area contributed by atoms with E-state index in [1.54, 1.807) is 18.2 Å². The molecule has 0 radical (unpaired) electrons. The average molecular weight is 393 g/mol. The van der Waals surface area contributed by atoms with Gasteiger partial charge in [-0.1, -0.05) is 44.5 Å². The Hall–Kier alpha value is -1.75. The molecule has 1 fully saturated rings. The Morgan fingerprint density at radius 1 is 1.04 bits per heavy atom. The van der Waals surface area contributed by atoms with Crippen molar-refractivity contribution in [2.45, 2.75) is 71.2 Å². The molecule has 0 aromatic heterocycles. The number of hydrogen-bond donors (Lipinski definition) is 1. The molecule has 0 spiro atoms. The van der Waals surface area contributed by atoms with Crippen LogP contribution in [0, 0.1) is 5.92 Å². The molecule has 28 heavy (non-hydrogen) atoms. The molecule has 1 aliphatic rings. The van der Waals surface area contributed by atoms with Crippen molar-refractivity contribution >= 4 is 10.8 Å². The van der Waals surface area contributed by atoms with Gasteiger partial charge in [0, 0.05) is 6.54 Å². The second-order valence-corrected chi connectivity index (χ2v) is 7.98. The van der Waals surface area contributed by atoms with Crippen LogP contribution >= 0.6 is 0 Å². The SMILES string of the molecule is CCCCNCc1cccc2c(C(F)(F)F)c(OC3CCC(C)CC3)ccc12. The van der Waals surface area contributed by atoms with E-state index in [-0.39, 0.29) is 17.2 Å². The number of ether oxygens (including phenoxy) is 1. The predicted molar refractivity (Wildman–Crippen MR) is 108 cm³/mol. The second-order valence-electron chi connectivity index (χ2n) is 7.98. The van der Waals surface area contributed by atoms with E-state index >= 15 is 0 Å². The standard InChI is InChI=1S/C23H30F3NO/c1-3-4-14-27-15-17-6-5-7-20-19(17)12-13-21(22(20)23(24,25)26)28-18-10-8-16(2)9-11-18/h5-7,12-13,16,18,27H,3-4,8-11,14-15H2,1-2H3. The zero-order valence-electron chi connectivity index (χ0n) is 16.7. The van der Waals surface area contributed by atoms with Gasteiger partial charge in [0.25, 0.3) is 0 Å². The number of fused-ring (bicyclic) bond motifs is 1. The highest BCUT2D eigenvalue weighted by Gasteiger charge is 2.37. The highest BCUT2D eigenvalue weighted by atomic mass is 19.4. The number of benzene rings is 2. The molecule has 1 saturated carbocycles. The van der Waals surface area contributed by atoms with E-state index in [0.717, 1.165) is 50.6 Å². The van der Waals surface area contributed by atoms with Crippen molar-refractivity contribution in [2.75, 3.05) is 6.54 Å². The number of hydrogen-bond acceptors (Lipinski definition) is 2. The first-order valence-corrected chi connectivity index (χ1v) is 10.4. The van der Waals surface area contributed by atoms with Crippen LogP contribution in [0.25, 0.3) is 10.8 Å². The molecule has 0 amide bonds. The van der Waals surface area contributed by atoms with E-state index in [1.807, 2.05) is 6.07 Å². The van der Waals surface area contributed by atoms with Gasteiger partial charge in [0.2, 0.25) is 0 Å². The number of nitrogens with one attached hydrogen (secondary N) is 1. The summed E-state index contributed by atoms with van der Waals surface area (Å²) in [5, 5.41) is 4.19. The van der Waals surface area contributed by atoms with Gasteiger partial charge in [-0.25, -0.2) is 0 Å². The molecule has 0 unspecified atom stereocenters. The third kappa shape index (κ3) is 4.99. The minimum Gasteiger partial charge on any atom is -0.490 e. The molecule has 0 bridgehead atoms. The fraction of sp³-hybridized carbons (Fsp3) is 0.565. The van der Waals surface area contributed by atoms with Gasteiger partial charge in [-0.05, 0) is 67.0 Å². The molecule has 3 rings (SSSR count). The lowest BCUT2D eigenvalue weighted by atomic mass is 9.89. The molecular formula is C23H30F3NO. The monoisotopic (exact) mass is 393 g/mol. The quantitative estimate of drug-likeness (QED) is 0.528. The largest absolute Gasteiger partial charge is 0.490 e. The minimum atomic E-state index is -4.45. The molecule has 0 heterocycles. The van der Waals surface area contributed by atoms with Gasteiger partial charge in [0.05, 0.1) is 6.10 Å². The first-order chi connectivity index (χ1) is 13.4. The van der Waals surface area contributed by atoms with Gasteiger partial charge < -0.3 is 10.1 Å². The maximum atomic E-state index is 14.0. The summed E-state index contributed by atoms with van der Waals surface area (Å²) in [6.45, 7) is 5.73. The average Bonchev–Trinajstić information content (AvgIpc) is 2.66. The summed E-state index contributed by atoms with van der Waals surface area (Å²) in [6, 6.07) is 8.45. The van der Waals surface area contributed by atoms with Crippen LogP contribution in [0.3, 0.4) is 0 Å².